The van der Waals surface area contributed by atoms with E-state index in [2.05, 4.69) is 0 Å². The first kappa shape index (κ1) is 73.6. The fraction of sp³-hybridized carbons (Fsp3) is 0. The van der Waals surface area contributed by atoms with Crippen LogP contribution in [0.2, 0.25) is 0 Å². The molecule has 0 spiro atoms. The Morgan fingerprint density at radius 1 is 1.00 bits per heavy atom. The van der Waals surface area contributed by atoms with Gasteiger partial charge in [0.2, 0.25) is 0 Å². The van der Waals surface area contributed by atoms with E-state index in [1.807, 2.05) is 0 Å². The first-order valence-corrected chi connectivity index (χ1v) is 0. The van der Waals surface area contributed by atoms with E-state index < -0.39 is 0 Å². The SMILES string of the molecule is N.[AlH3].[Cr].[Ni].[SiH4]. The molecule has 0 radical (unpaired) electrons. The Kier molecular flexibility index (Phi) is 628. The second-order valence-electron chi connectivity index (χ2n) is 0. The summed E-state index contributed by atoms with van der Waals surface area (Å²) in [5.41, 5.74) is 0. The summed E-state index contributed by atoms with van der Waals surface area (Å²) < 4.78 is 0. The normalized spacial score (nSPS) is 0. The van der Waals surface area contributed by atoms with Crippen molar-refractivity contribution >= 4 is 28.3 Å². The van der Waals surface area contributed by atoms with E-state index in [1.165, 1.54) is 0 Å². The molecule has 3 N–H and O–H groups in total. The van der Waals surface area contributed by atoms with Crippen LogP contribution in [-0.4, -0.2) is 28.3 Å². The second-order valence-corrected chi connectivity index (χ2v) is 0. The van der Waals surface area contributed by atoms with Crippen molar-refractivity contribution in [3.8, 4) is 0 Å². The Bertz CT molecular complexity index is 11.6. The molecule has 38 valence electrons. The molecule has 0 saturated heterocycles. The van der Waals surface area contributed by atoms with Crippen LogP contribution in [0.5, 0.6) is 0 Å². The Balaban J connectivity index is 0. The maximum absolute atomic E-state index is 0. The minimum atomic E-state index is 0. The summed E-state index contributed by atoms with van der Waals surface area (Å²) in [6.45, 7) is 0. The van der Waals surface area contributed by atoms with Gasteiger partial charge in [-0.1, -0.05) is 0 Å². The summed E-state index contributed by atoms with van der Waals surface area (Å²) in [6.07, 6.45) is 0. The molecule has 0 saturated carbocycles. The molecule has 0 aliphatic rings. The van der Waals surface area contributed by atoms with E-state index in [0.717, 1.165) is 0 Å². The van der Waals surface area contributed by atoms with Crippen molar-refractivity contribution in [2.75, 3.05) is 0 Å². The Morgan fingerprint density at radius 3 is 1.00 bits per heavy atom. The van der Waals surface area contributed by atoms with Crippen molar-refractivity contribution in [2.24, 2.45) is 0 Å². The van der Waals surface area contributed by atoms with Crippen LogP contribution in [0.3, 0.4) is 0 Å². The van der Waals surface area contributed by atoms with Gasteiger partial charge in [-0.25, -0.2) is 0 Å². The van der Waals surface area contributed by atoms with E-state index in [-0.39, 0.29) is 68.3 Å². The molecule has 0 aromatic heterocycles. The van der Waals surface area contributed by atoms with Crippen molar-refractivity contribution in [3.63, 3.8) is 0 Å². The maximum atomic E-state index is 0. The van der Waals surface area contributed by atoms with Gasteiger partial charge in [0.05, 0.1) is 0 Å². The van der Waals surface area contributed by atoms with Crippen LogP contribution in [0.4, 0.5) is 0 Å². The van der Waals surface area contributed by atoms with E-state index in [1.54, 1.807) is 0 Å². The zero-order chi connectivity index (χ0) is 0. The fourth-order valence-electron chi connectivity index (χ4n) is 0. The van der Waals surface area contributed by atoms with Crippen LogP contribution in [0.15, 0.2) is 0 Å². The number of hydrogen-bond donors (Lipinski definition) is 1. The van der Waals surface area contributed by atoms with Gasteiger partial charge >= 0.3 is 0 Å². The van der Waals surface area contributed by atoms with Gasteiger partial charge in [0.1, 0.15) is 0 Å². The van der Waals surface area contributed by atoms with Gasteiger partial charge < -0.3 is 6.15 Å². The minimum Gasteiger partial charge on any atom is -0.344 e. The number of rotatable bonds is 0. The maximum Gasteiger partial charge on any atom is 0.187 e. The third-order valence-corrected chi connectivity index (χ3v) is 0. The molecular formula is H10AlCrNNiSi. The smallest absolute Gasteiger partial charge is 0.187 e. The monoisotopic (exact) mass is 189 g/mol. The first-order valence-electron chi connectivity index (χ1n) is 0. The van der Waals surface area contributed by atoms with Gasteiger partial charge in [-0.05, 0) is 11.0 Å². The number of hydrogen-bond acceptors (Lipinski definition) is 1. The Labute approximate surface area is 68.1 Å². The zero-order valence-electron chi connectivity index (χ0n) is 1.43. The van der Waals surface area contributed by atoms with Gasteiger partial charge in [-0.15, -0.1) is 0 Å². The van der Waals surface area contributed by atoms with Gasteiger partial charge in [0.25, 0.3) is 0 Å². The molecule has 0 aliphatic heterocycles. The van der Waals surface area contributed by atoms with E-state index in [9.17, 15) is 0 Å². The molecular weight excluding hydrogens is 180 g/mol. The molecule has 5 heteroatoms. The summed E-state index contributed by atoms with van der Waals surface area (Å²) in [6, 6.07) is 0. The van der Waals surface area contributed by atoms with Gasteiger partial charge in [0, 0.05) is 33.9 Å². The molecule has 0 fully saturated rings. The summed E-state index contributed by atoms with van der Waals surface area (Å²) in [4.78, 5) is 0. The minimum absolute atomic E-state index is 0. The largest absolute Gasteiger partial charge is 0.344 e. The van der Waals surface area contributed by atoms with E-state index in [4.69, 9.17) is 0 Å². The fourth-order valence-corrected chi connectivity index (χ4v) is 0. The van der Waals surface area contributed by atoms with Crippen LogP contribution in [0.25, 0.3) is 0 Å². The molecule has 0 heterocycles. The molecule has 0 unspecified atom stereocenters. The van der Waals surface area contributed by atoms with Crippen molar-refractivity contribution in [1.29, 1.82) is 0 Å². The van der Waals surface area contributed by atoms with E-state index in [0.29, 0.717) is 0 Å². The molecule has 0 aromatic rings. The van der Waals surface area contributed by atoms with Crippen molar-refractivity contribution in [2.45, 2.75) is 0 Å². The van der Waals surface area contributed by atoms with Crippen LogP contribution < -0.4 is 6.15 Å². The van der Waals surface area contributed by atoms with E-state index >= 15 is 0 Å². The van der Waals surface area contributed by atoms with Crippen molar-refractivity contribution in [3.05, 3.63) is 0 Å². The zero-order valence-corrected chi connectivity index (χ0v) is 3.69. The molecule has 0 amide bonds. The average Bonchev–Trinajstić information content (AvgIpc) is 0. The van der Waals surface area contributed by atoms with Gasteiger partial charge in [-0.3, -0.25) is 0 Å². The molecule has 0 aromatic carbocycles. The second kappa shape index (κ2) is 42.7. The molecule has 1 nitrogen and oxygen atoms in total. The quantitative estimate of drug-likeness (QED) is 0.421. The summed E-state index contributed by atoms with van der Waals surface area (Å²) in [7, 11) is 0. The first-order chi connectivity index (χ1) is 0. The summed E-state index contributed by atoms with van der Waals surface area (Å²) in [5, 5.41) is 0. The molecule has 0 rings (SSSR count). The van der Waals surface area contributed by atoms with Crippen molar-refractivity contribution < 1.29 is 33.9 Å². The summed E-state index contributed by atoms with van der Waals surface area (Å²) >= 11 is 0. The topological polar surface area (TPSA) is 35.0 Å². The third-order valence-electron chi connectivity index (χ3n) is 0. The Morgan fingerprint density at radius 2 is 1.00 bits per heavy atom. The van der Waals surface area contributed by atoms with Crippen LogP contribution in [-0.2, 0) is 33.9 Å². The summed E-state index contributed by atoms with van der Waals surface area (Å²) in [5.74, 6) is 0. The van der Waals surface area contributed by atoms with Crippen molar-refractivity contribution in [1.82, 2.24) is 6.15 Å². The third kappa shape index (κ3) is 26.6. The molecule has 0 atom stereocenters. The standard InChI is InChI=1S/Al.Cr.H3N.Ni.H4Si.3H/h;;1H3;;1H4;;;. The predicted octanol–water partition coefficient (Wildman–Crippen LogP) is -2.48. The van der Waals surface area contributed by atoms with Gasteiger partial charge in [-0.2, -0.15) is 0 Å². The molecule has 0 aliphatic carbocycles. The molecule has 5 heavy (non-hydrogen) atoms. The van der Waals surface area contributed by atoms with Crippen LogP contribution in [0, 0.1) is 0 Å². The Hall–Kier alpha value is 1.74. The van der Waals surface area contributed by atoms with Crippen LogP contribution >= 0.6 is 0 Å². The van der Waals surface area contributed by atoms with Crippen LogP contribution in [0.1, 0.15) is 0 Å². The van der Waals surface area contributed by atoms with Gasteiger partial charge in [0.15, 0.2) is 17.4 Å². The predicted molar refractivity (Wildman–Crippen MR) is 26.3 cm³/mol. The molecule has 0 bridgehead atoms. The average molecular weight is 190 g/mol.